The monoisotopic (exact) mass is 246 g/mol. The molecule has 0 amide bonds. The molecule has 0 saturated carbocycles. The molecule has 0 fully saturated rings. The second kappa shape index (κ2) is 4.69. The number of carbonyl (C=O) groups excluding carboxylic acids is 1. The SMILES string of the molecule is CC(=O)c1ccc(-c2cc(F)c(C)c(F)c2)cc1. The van der Waals surface area contributed by atoms with Gasteiger partial charge >= 0.3 is 0 Å². The first kappa shape index (κ1) is 12.4. The molecule has 0 saturated heterocycles. The van der Waals surface area contributed by atoms with E-state index in [4.69, 9.17) is 0 Å². The van der Waals surface area contributed by atoms with E-state index in [2.05, 4.69) is 0 Å². The lowest BCUT2D eigenvalue weighted by molar-refractivity contribution is 0.101. The Balaban J connectivity index is 2.46. The van der Waals surface area contributed by atoms with Crippen LogP contribution in [0.4, 0.5) is 8.78 Å². The molecule has 0 spiro atoms. The summed E-state index contributed by atoms with van der Waals surface area (Å²) in [6.45, 7) is 2.87. The number of rotatable bonds is 2. The Kier molecular flexibility index (Phi) is 3.24. The third-order valence-corrected chi connectivity index (χ3v) is 2.91. The van der Waals surface area contributed by atoms with Gasteiger partial charge in [0.2, 0.25) is 0 Å². The van der Waals surface area contributed by atoms with Gasteiger partial charge < -0.3 is 0 Å². The molecule has 0 aliphatic heterocycles. The molecule has 2 rings (SSSR count). The zero-order chi connectivity index (χ0) is 13.3. The summed E-state index contributed by atoms with van der Waals surface area (Å²) in [7, 11) is 0. The number of ketones is 1. The normalized spacial score (nSPS) is 10.4. The highest BCUT2D eigenvalue weighted by molar-refractivity contribution is 5.94. The second-order valence-corrected chi connectivity index (χ2v) is 4.20. The van der Waals surface area contributed by atoms with Gasteiger partial charge in [-0.2, -0.15) is 0 Å². The van der Waals surface area contributed by atoms with E-state index in [0.29, 0.717) is 16.7 Å². The number of hydrogen-bond donors (Lipinski definition) is 0. The van der Waals surface area contributed by atoms with Gasteiger partial charge in [0, 0.05) is 11.1 Å². The highest BCUT2D eigenvalue weighted by Gasteiger charge is 2.08. The first-order chi connectivity index (χ1) is 8.49. The van der Waals surface area contributed by atoms with Crippen molar-refractivity contribution in [1.82, 2.24) is 0 Å². The third kappa shape index (κ3) is 2.30. The standard InChI is InChI=1S/C15H12F2O/c1-9-14(16)7-13(8-15(9)17)12-5-3-11(4-6-12)10(2)18/h3-8H,1-2H3. The zero-order valence-electron chi connectivity index (χ0n) is 10.1. The van der Waals surface area contributed by atoms with Crippen LogP contribution >= 0.6 is 0 Å². The van der Waals surface area contributed by atoms with Crippen molar-refractivity contribution in [2.75, 3.05) is 0 Å². The Labute approximate surface area is 104 Å². The highest BCUT2D eigenvalue weighted by Crippen LogP contribution is 2.24. The van der Waals surface area contributed by atoms with Crippen LogP contribution in [0, 0.1) is 18.6 Å². The average Bonchev–Trinajstić information content (AvgIpc) is 2.35. The van der Waals surface area contributed by atoms with Crippen LogP contribution in [-0.4, -0.2) is 5.78 Å². The van der Waals surface area contributed by atoms with Crippen LogP contribution in [0.3, 0.4) is 0 Å². The molecule has 92 valence electrons. The van der Waals surface area contributed by atoms with E-state index < -0.39 is 11.6 Å². The summed E-state index contributed by atoms with van der Waals surface area (Å²) in [6, 6.07) is 9.24. The minimum atomic E-state index is -0.569. The molecule has 0 aromatic heterocycles. The number of carbonyl (C=O) groups is 1. The topological polar surface area (TPSA) is 17.1 Å². The molecular formula is C15H12F2O. The number of benzene rings is 2. The van der Waals surface area contributed by atoms with Crippen molar-refractivity contribution in [2.45, 2.75) is 13.8 Å². The zero-order valence-corrected chi connectivity index (χ0v) is 10.1. The van der Waals surface area contributed by atoms with Crippen molar-refractivity contribution in [1.29, 1.82) is 0 Å². The fourth-order valence-electron chi connectivity index (χ4n) is 1.71. The average molecular weight is 246 g/mol. The van der Waals surface area contributed by atoms with E-state index in [1.54, 1.807) is 24.3 Å². The molecule has 18 heavy (non-hydrogen) atoms. The fourth-order valence-corrected chi connectivity index (χ4v) is 1.71. The predicted molar refractivity (Wildman–Crippen MR) is 66.5 cm³/mol. The Morgan fingerprint density at radius 2 is 1.44 bits per heavy atom. The molecule has 0 aliphatic carbocycles. The smallest absolute Gasteiger partial charge is 0.159 e. The number of hydrogen-bond acceptors (Lipinski definition) is 1. The predicted octanol–water partition coefficient (Wildman–Crippen LogP) is 4.14. The quantitative estimate of drug-likeness (QED) is 0.728. The fraction of sp³-hybridized carbons (Fsp3) is 0.133. The summed E-state index contributed by atoms with van der Waals surface area (Å²) < 4.78 is 26.9. The maximum Gasteiger partial charge on any atom is 0.159 e. The van der Waals surface area contributed by atoms with Gasteiger partial charge in [-0.05, 0) is 37.1 Å². The van der Waals surface area contributed by atoms with Crippen LogP contribution < -0.4 is 0 Å². The molecule has 0 heterocycles. The Morgan fingerprint density at radius 1 is 0.944 bits per heavy atom. The van der Waals surface area contributed by atoms with Crippen LogP contribution in [0.5, 0.6) is 0 Å². The highest BCUT2D eigenvalue weighted by atomic mass is 19.1. The van der Waals surface area contributed by atoms with E-state index in [-0.39, 0.29) is 11.3 Å². The summed E-state index contributed by atoms with van der Waals surface area (Å²) >= 11 is 0. The minimum Gasteiger partial charge on any atom is -0.295 e. The second-order valence-electron chi connectivity index (χ2n) is 4.20. The Bertz CT molecular complexity index is 577. The van der Waals surface area contributed by atoms with Gasteiger partial charge in [0.25, 0.3) is 0 Å². The lowest BCUT2D eigenvalue weighted by atomic mass is 10.0. The summed E-state index contributed by atoms with van der Waals surface area (Å²) in [4.78, 5) is 11.1. The number of Topliss-reactive ketones (excluding diaryl/α,β-unsaturated/α-hetero) is 1. The summed E-state index contributed by atoms with van der Waals surface area (Å²) in [5.41, 5.74) is 1.73. The van der Waals surface area contributed by atoms with E-state index >= 15 is 0 Å². The van der Waals surface area contributed by atoms with Gasteiger partial charge in [-0.15, -0.1) is 0 Å². The van der Waals surface area contributed by atoms with E-state index in [1.807, 2.05) is 0 Å². The molecule has 0 unspecified atom stereocenters. The summed E-state index contributed by atoms with van der Waals surface area (Å²) in [5, 5.41) is 0. The van der Waals surface area contributed by atoms with Crippen LogP contribution in [-0.2, 0) is 0 Å². The lowest BCUT2D eigenvalue weighted by Gasteiger charge is -2.06. The maximum atomic E-state index is 13.4. The molecule has 2 aromatic carbocycles. The van der Waals surface area contributed by atoms with Crippen LogP contribution in [0.2, 0.25) is 0 Å². The summed E-state index contributed by atoms with van der Waals surface area (Å²) in [5.74, 6) is -1.18. The molecule has 0 aliphatic rings. The van der Waals surface area contributed by atoms with Gasteiger partial charge in [-0.3, -0.25) is 4.79 Å². The van der Waals surface area contributed by atoms with Crippen LogP contribution in [0.15, 0.2) is 36.4 Å². The van der Waals surface area contributed by atoms with Gasteiger partial charge in [0.05, 0.1) is 0 Å². The summed E-state index contributed by atoms with van der Waals surface area (Å²) in [6.07, 6.45) is 0. The van der Waals surface area contributed by atoms with E-state index in [0.717, 1.165) is 0 Å². The molecule has 0 bridgehead atoms. The molecule has 2 aromatic rings. The Morgan fingerprint density at radius 3 is 1.89 bits per heavy atom. The molecule has 0 N–H and O–H groups in total. The molecule has 0 atom stereocenters. The molecule has 3 heteroatoms. The largest absolute Gasteiger partial charge is 0.295 e. The van der Waals surface area contributed by atoms with Crippen molar-refractivity contribution >= 4 is 5.78 Å². The van der Waals surface area contributed by atoms with Gasteiger partial charge in [0.15, 0.2) is 5.78 Å². The van der Waals surface area contributed by atoms with Gasteiger partial charge in [-0.25, -0.2) is 8.78 Å². The molecular weight excluding hydrogens is 234 g/mol. The first-order valence-electron chi connectivity index (χ1n) is 5.56. The molecule has 0 radical (unpaired) electrons. The van der Waals surface area contributed by atoms with Crippen molar-refractivity contribution in [2.24, 2.45) is 0 Å². The van der Waals surface area contributed by atoms with Crippen LogP contribution in [0.1, 0.15) is 22.8 Å². The van der Waals surface area contributed by atoms with Crippen molar-refractivity contribution in [3.8, 4) is 11.1 Å². The Hall–Kier alpha value is -2.03. The van der Waals surface area contributed by atoms with Crippen molar-refractivity contribution in [3.63, 3.8) is 0 Å². The van der Waals surface area contributed by atoms with Crippen LogP contribution in [0.25, 0.3) is 11.1 Å². The lowest BCUT2D eigenvalue weighted by Crippen LogP contribution is -1.93. The minimum absolute atomic E-state index is 0.0131. The molecule has 1 nitrogen and oxygen atoms in total. The maximum absolute atomic E-state index is 13.4. The number of halogens is 2. The van der Waals surface area contributed by atoms with E-state index in [9.17, 15) is 13.6 Å². The van der Waals surface area contributed by atoms with E-state index in [1.165, 1.54) is 26.0 Å². The van der Waals surface area contributed by atoms with Crippen molar-refractivity contribution in [3.05, 3.63) is 59.2 Å². The van der Waals surface area contributed by atoms with Crippen molar-refractivity contribution < 1.29 is 13.6 Å². The first-order valence-corrected chi connectivity index (χ1v) is 5.56. The van der Waals surface area contributed by atoms with Gasteiger partial charge in [-0.1, -0.05) is 24.3 Å². The third-order valence-electron chi connectivity index (χ3n) is 2.91. The van der Waals surface area contributed by atoms with Gasteiger partial charge in [0.1, 0.15) is 11.6 Å².